The van der Waals surface area contributed by atoms with Gasteiger partial charge in [0.25, 0.3) is 0 Å². The van der Waals surface area contributed by atoms with Crippen molar-refractivity contribution < 1.29 is 4.79 Å². The first-order chi connectivity index (χ1) is 9.11. The van der Waals surface area contributed by atoms with E-state index in [4.69, 9.17) is 0 Å². The van der Waals surface area contributed by atoms with E-state index in [-0.39, 0.29) is 17.9 Å². The number of para-hydroxylation sites is 2. The average molecular weight is 260 g/mol. The molecule has 102 valence electrons. The fraction of sp³-hybridized carbons (Fsp3) is 0.429. The van der Waals surface area contributed by atoms with E-state index in [1.165, 1.54) is 0 Å². The van der Waals surface area contributed by atoms with Gasteiger partial charge in [-0.1, -0.05) is 26.0 Å². The summed E-state index contributed by atoms with van der Waals surface area (Å²) in [5.74, 6) is 1.05. The van der Waals surface area contributed by atoms with Gasteiger partial charge in [0.2, 0.25) is 5.91 Å². The Balaban J connectivity index is 2.25. The number of amides is 1. The zero-order valence-corrected chi connectivity index (χ0v) is 11.5. The highest BCUT2D eigenvalue weighted by Gasteiger charge is 2.21. The normalized spacial score (nSPS) is 12.8. The molecule has 5 nitrogen and oxygen atoms in total. The molecule has 2 rings (SSSR count). The van der Waals surface area contributed by atoms with Crippen molar-refractivity contribution in [2.24, 2.45) is 5.92 Å². The standard InChI is InChI=1S/C14H20N4O/c1-9(2)13(18-12(19)8-15-3)14-16-10-6-4-5-7-11(10)17-14/h4-7,9,13,15H,8H2,1-3H3,(H,16,17)(H,18,19). The van der Waals surface area contributed by atoms with E-state index < -0.39 is 0 Å². The summed E-state index contributed by atoms with van der Waals surface area (Å²) in [7, 11) is 1.76. The zero-order chi connectivity index (χ0) is 13.8. The van der Waals surface area contributed by atoms with Crippen molar-refractivity contribution in [2.45, 2.75) is 19.9 Å². The third-order valence-electron chi connectivity index (χ3n) is 3.02. The monoisotopic (exact) mass is 260 g/mol. The predicted molar refractivity (Wildman–Crippen MR) is 75.7 cm³/mol. The summed E-state index contributed by atoms with van der Waals surface area (Å²) in [6.07, 6.45) is 0. The van der Waals surface area contributed by atoms with Crippen LogP contribution in [0.15, 0.2) is 24.3 Å². The molecule has 1 amide bonds. The van der Waals surface area contributed by atoms with Gasteiger partial charge in [-0.15, -0.1) is 0 Å². The molecule has 0 aliphatic heterocycles. The van der Waals surface area contributed by atoms with Gasteiger partial charge in [-0.2, -0.15) is 0 Å². The number of nitrogens with one attached hydrogen (secondary N) is 3. The summed E-state index contributed by atoms with van der Waals surface area (Å²) in [5, 5.41) is 5.85. The van der Waals surface area contributed by atoms with Gasteiger partial charge >= 0.3 is 0 Å². The van der Waals surface area contributed by atoms with Crippen LogP contribution in [0.3, 0.4) is 0 Å². The number of imidazole rings is 1. The fourth-order valence-electron chi connectivity index (χ4n) is 2.06. The number of carbonyl (C=O) groups excluding carboxylic acids is 1. The van der Waals surface area contributed by atoms with Crippen molar-refractivity contribution >= 4 is 16.9 Å². The molecule has 5 heteroatoms. The van der Waals surface area contributed by atoms with Crippen molar-refractivity contribution in [3.63, 3.8) is 0 Å². The van der Waals surface area contributed by atoms with Gasteiger partial charge in [-0.05, 0) is 25.1 Å². The van der Waals surface area contributed by atoms with Crippen molar-refractivity contribution in [3.8, 4) is 0 Å². The molecule has 0 bridgehead atoms. The highest BCUT2D eigenvalue weighted by atomic mass is 16.2. The van der Waals surface area contributed by atoms with Crippen molar-refractivity contribution in [1.82, 2.24) is 20.6 Å². The summed E-state index contributed by atoms with van der Waals surface area (Å²) in [6, 6.07) is 7.76. The number of aromatic nitrogens is 2. The number of nitrogens with zero attached hydrogens (tertiary/aromatic N) is 1. The van der Waals surface area contributed by atoms with Crippen LogP contribution < -0.4 is 10.6 Å². The lowest BCUT2D eigenvalue weighted by Gasteiger charge is -2.20. The zero-order valence-electron chi connectivity index (χ0n) is 11.5. The van der Waals surface area contributed by atoms with Crippen LogP contribution in [0, 0.1) is 5.92 Å². The maximum Gasteiger partial charge on any atom is 0.234 e. The third-order valence-corrected chi connectivity index (χ3v) is 3.02. The number of benzene rings is 1. The minimum absolute atomic E-state index is 0.0262. The van der Waals surface area contributed by atoms with E-state index in [9.17, 15) is 4.79 Å². The smallest absolute Gasteiger partial charge is 0.234 e. The van der Waals surface area contributed by atoms with Crippen LogP contribution in [0.5, 0.6) is 0 Å². The number of aromatic amines is 1. The third kappa shape index (κ3) is 3.12. The first-order valence-electron chi connectivity index (χ1n) is 6.50. The first kappa shape index (κ1) is 13.5. The Kier molecular flexibility index (Phi) is 4.16. The molecule has 0 radical (unpaired) electrons. The maximum atomic E-state index is 11.7. The van der Waals surface area contributed by atoms with Crippen LogP contribution in [-0.4, -0.2) is 29.5 Å². The Morgan fingerprint density at radius 2 is 2.11 bits per heavy atom. The van der Waals surface area contributed by atoms with E-state index in [1.54, 1.807) is 7.05 Å². The van der Waals surface area contributed by atoms with E-state index in [0.717, 1.165) is 16.9 Å². The molecular formula is C14H20N4O. The minimum Gasteiger partial charge on any atom is -0.345 e. The molecule has 1 atom stereocenters. The Bertz CT molecular complexity index is 528. The van der Waals surface area contributed by atoms with Crippen LogP contribution >= 0.6 is 0 Å². The molecule has 0 saturated heterocycles. The molecule has 0 saturated carbocycles. The quantitative estimate of drug-likeness (QED) is 0.764. The Morgan fingerprint density at radius 1 is 1.37 bits per heavy atom. The largest absolute Gasteiger partial charge is 0.345 e. The second kappa shape index (κ2) is 5.84. The molecular weight excluding hydrogens is 240 g/mol. The predicted octanol–water partition coefficient (Wildman–Crippen LogP) is 1.60. The van der Waals surface area contributed by atoms with Crippen LogP contribution in [0.4, 0.5) is 0 Å². The van der Waals surface area contributed by atoms with E-state index >= 15 is 0 Å². The Hall–Kier alpha value is -1.88. The molecule has 1 heterocycles. The topological polar surface area (TPSA) is 69.8 Å². The number of rotatable bonds is 5. The second-order valence-corrected chi connectivity index (χ2v) is 4.96. The average Bonchev–Trinajstić information content (AvgIpc) is 2.79. The van der Waals surface area contributed by atoms with Crippen molar-refractivity contribution in [1.29, 1.82) is 0 Å². The summed E-state index contributed by atoms with van der Waals surface area (Å²) in [6.45, 7) is 4.44. The van der Waals surface area contributed by atoms with Gasteiger partial charge < -0.3 is 15.6 Å². The molecule has 19 heavy (non-hydrogen) atoms. The SMILES string of the molecule is CNCC(=O)NC(c1nc2ccccc2[nH]1)C(C)C. The second-order valence-electron chi connectivity index (χ2n) is 4.96. The van der Waals surface area contributed by atoms with E-state index in [1.807, 2.05) is 24.3 Å². The Morgan fingerprint density at radius 3 is 2.74 bits per heavy atom. The Labute approximate surface area is 112 Å². The molecule has 2 aromatic rings. The number of hydrogen-bond acceptors (Lipinski definition) is 3. The van der Waals surface area contributed by atoms with Crippen LogP contribution in [0.25, 0.3) is 11.0 Å². The lowest BCUT2D eigenvalue weighted by atomic mass is 10.0. The summed E-state index contributed by atoms with van der Waals surface area (Å²) in [4.78, 5) is 19.6. The number of H-pyrrole nitrogens is 1. The van der Waals surface area contributed by atoms with E-state index in [0.29, 0.717) is 6.54 Å². The fourth-order valence-corrected chi connectivity index (χ4v) is 2.06. The highest BCUT2D eigenvalue weighted by Crippen LogP contribution is 2.21. The molecule has 0 spiro atoms. The summed E-state index contributed by atoms with van der Waals surface area (Å²) >= 11 is 0. The first-order valence-corrected chi connectivity index (χ1v) is 6.50. The molecule has 1 aromatic carbocycles. The van der Waals surface area contributed by atoms with Crippen LogP contribution in [0.1, 0.15) is 25.7 Å². The van der Waals surface area contributed by atoms with Crippen LogP contribution in [0.2, 0.25) is 0 Å². The number of hydrogen-bond donors (Lipinski definition) is 3. The molecule has 0 fully saturated rings. The van der Waals surface area contributed by atoms with Gasteiger partial charge in [0.1, 0.15) is 5.82 Å². The van der Waals surface area contributed by atoms with Gasteiger partial charge in [-0.3, -0.25) is 4.79 Å². The molecule has 1 unspecified atom stereocenters. The number of likely N-dealkylation sites (N-methyl/N-ethyl adjacent to an activating group) is 1. The summed E-state index contributed by atoms with van der Waals surface area (Å²) < 4.78 is 0. The lowest BCUT2D eigenvalue weighted by Crippen LogP contribution is -2.37. The molecule has 3 N–H and O–H groups in total. The van der Waals surface area contributed by atoms with Gasteiger partial charge in [0.05, 0.1) is 23.6 Å². The van der Waals surface area contributed by atoms with Gasteiger partial charge in [-0.25, -0.2) is 4.98 Å². The highest BCUT2D eigenvalue weighted by molar-refractivity contribution is 5.79. The van der Waals surface area contributed by atoms with Gasteiger partial charge in [0.15, 0.2) is 0 Å². The van der Waals surface area contributed by atoms with Crippen LogP contribution in [-0.2, 0) is 4.79 Å². The van der Waals surface area contributed by atoms with Crippen molar-refractivity contribution in [2.75, 3.05) is 13.6 Å². The summed E-state index contributed by atoms with van der Waals surface area (Å²) in [5.41, 5.74) is 1.91. The van der Waals surface area contributed by atoms with Crippen molar-refractivity contribution in [3.05, 3.63) is 30.1 Å². The minimum atomic E-state index is -0.103. The lowest BCUT2D eigenvalue weighted by molar-refractivity contribution is -0.121. The molecule has 1 aromatic heterocycles. The van der Waals surface area contributed by atoms with E-state index in [2.05, 4.69) is 34.4 Å². The maximum absolute atomic E-state index is 11.7. The molecule has 0 aliphatic rings. The number of fused-ring (bicyclic) bond motifs is 1. The number of carbonyl (C=O) groups is 1. The molecule has 0 aliphatic carbocycles. The van der Waals surface area contributed by atoms with Gasteiger partial charge in [0, 0.05) is 0 Å².